The van der Waals surface area contributed by atoms with Gasteiger partial charge in [0, 0.05) is 25.5 Å². The average molecular weight is 491 g/mol. The Hall–Kier alpha value is -1.76. The van der Waals surface area contributed by atoms with E-state index in [4.69, 9.17) is 4.98 Å². The van der Waals surface area contributed by atoms with Crippen LogP contribution in [0.15, 0.2) is 42.5 Å². The molecule has 3 aromatic rings. The Morgan fingerprint density at radius 1 is 1.00 bits per heavy atom. The number of aromatic nitrogens is 1. The molecule has 123 valence electrons. The fraction of sp³-hybridized carbons (Fsp3) is 0.227. The number of pyridine rings is 1. The van der Waals surface area contributed by atoms with Crippen LogP contribution in [0, 0.1) is 6.07 Å². The molecule has 0 fully saturated rings. The van der Waals surface area contributed by atoms with Crippen LogP contribution in [-0.2, 0) is 26.5 Å². The third kappa shape index (κ3) is 3.22. The maximum Gasteiger partial charge on any atom is 0.0607 e. The Morgan fingerprint density at radius 2 is 1.88 bits per heavy atom. The molecule has 0 saturated carbocycles. The first kappa shape index (κ1) is 17.1. The minimum Gasteiger partial charge on any atom is -0.296 e. The zero-order valence-electron chi connectivity index (χ0n) is 13.8. The molecule has 1 nitrogen and oxygen atoms in total. The zero-order valence-corrected chi connectivity index (χ0v) is 16.2. The molecule has 0 N–H and O–H groups in total. The predicted molar refractivity (Wildman–Crippen MR) is 98.2 cm³/mol. The van der Waals surface area contributed by atoms with Crippen molar-refractivity contribution in [2.24, 2.45) is 0 Å². The van der Waals surface area contributed by atoms with E-state index in [-0.39, 0.29) is 20.1 Å². The van der Waals surface area contributed by atoms with Gasteiger partial charge in [0.1, 0.15) is 0 Å². The van der Waals surface area contributed by atoms with Crippen molar-refractivity contribution in [3.8, 4) is 11.3 Å². The Kier molecular flexibility index (Phi) is 5.28. The molecule has 2 heteroatoms. The van der Waals surface area contributed by atoms with Crippen molar-refractivity contribution in [3.63, 3.8) is 0 Å². The van der Waals surface area contributed by atoms with E-state index in [1.165, 1.54) is 41.3 Å². The van der Waals surface area contributed by atoms with Gasteiger partial charge in [-0.3, -0.25) is 4.98 Å². The van der Waals surface area contributed by atoms with E-state index in [2.05, 4.69) is 61.5 Å². The van der Waals surface area contributed by atoms with Crippen LogP contribution in [0.5, 0.6) is 0 Å². The summed E-state index contributed by atoms with van der Waals surface area (Å²) in [6.07, 6.45) is 9.31. The normalized spacial score (nSPS) is 11.7. The molecule has 4 rings (SSSR count). The number of rotatable bonds is 5. The van der Waals surface area contributed by atoms with Gasteiger partial charge >= 0.3 is 0 Å². The molecule has 0 bridgehead atoms. The topological polar surface area (TPSA) is 12.9 Å². The van der Waals surface area contributed by atoms with E-state index < -0.39 is 0 Å². The van der Waals surface area contributed by atoms with Gasteiger partial charge in [-0.1, -0.05) is 56.5 Å². The van der Waals surface area contributed by atoms with E-state index >= 15 is 0 Å². The minimum atomic E-state index is 0. The fourth-order valence-electron chi connectivity index (χ4n) is 3.33. The van der Waals surface area contributed by atoms with Crippen LogP contribution >= 0.6 is 0 Å². The third-order valence-corrected chi connectivity index (χ3v) is 4.55. The van der Waals surface area contributed by atoms with Crippen molar-refractivity contribution in [1.82, 2.24) is 4.98 Å². The SMILES string of the molecule is CCCCCc1cc[c-]c(-c2cc3c4c(cccc4n2)C=C3)c1.[Ir]. The molecular weight excluding hydrogens is 470 g/mol. The summed E-state index contributed by atoms with van der Waals surface area (Å²) in [5.74, 6) is 0. The number of unbranched alkanes of at least 4 members (excludes halogenated alkanes) is 2. The molecule has 0 amide bonds. The monoisotopic (exact) mass is 491 g/mol. The van der Waals surface area contributed by atoms with Gasteiger partial charge in [-0.2, -0.15) is 0 Å². The van der Waals surface area contributed by atoms with E-state index in [0.29, 0.717) is 0 Å². The van der Waals surface area contributed by atoms with Gasteiger partial charge in [-0.25, -0.2) is 0 Å². The van der Waals surface area contributed by atoms with Gasteiger partial charge in [-0.05, 0) is 29.3 Å². The maximum atomic E-state index is 4.87. The van der Waals surface area contributed by atoms with Gasteiger partial charge in [0.2, 0.25) is 0 Å². The number of hydrogen-bond donors (Lipinski definition) is 0. The van der Waals surface area contributed by atoms with Crippen LogP contribution in [0.2, 0.25) is 0 Å². The number of hydrogen-bond acceptors (Lipinski definition) is 1. The molecular formula is C22H20IrN-. The molecule has 0 saturated heterocycles. The quantitative estimate of drug-likeness (QED) is 0.250. The Labute approximate surface area is 157 Å². The van der Waals surface area contributed by atoms with Gasteiger partial charge in [-0.15, -0.1) is 35.4 Å². The molecule has 24 heavy (non-hydrogen) atoms. The van der Waals surface area contributed by atoms with Crippen molar-refractivity contribution in [1.29, 1.82) is 0 Å². The predicted octanol–water partition coefficient (Wildman–Crippen LogP) is 5.92. The van der Waals surface area contributed by atoms with E-state index in [0.717, 1.165) is 23.2 Å². The first-order valence-corrected chi connectivity index (χ1v) is 8.48. The summed E-state index contributed by atoms with van der Waals surface area (Å²) in [4.78, 5) is 4.87. The maximum absolute atomic E-state index is 4.87. The number of nitrogens with zero attached hydrogens (tertiary/aromatic N) is 1. The van der Waals surface area contributed by atoms with E-state index in [1.807, 2.05) is 6.07 Å². The zero-order chi connectivity index (χ0) is 15.6. The van der Waals surface area contributed by atoms with Crippen LogP contribution < -0.4 is 0 Å². The molecule has 0 unspecified atom stereocenters. The minimum absolute atomic E-state index is 0. The first-order valence-electron chi connectivity index (χ1n) is 8.48. The molecule has 1 radical (unpaired) electrons. The summed E-state index contributed by atoms with van der Waals surface area (Å²) in [6, 6.07) is 18.3. The Bertz CT molecular complexity index is 896. The summed E-state index contributed by atoms with van der Waals surface area (Å²) in [5.41, 5.74) is 7.12. The molecule has 0 spiro atoms. The van der Waals surface area contributed by atoms with Gasteiger partial charge in [0.05, 0.1) is 5.52 Å². The van der Waals surface area contributed by atoms with Gasteiger partial charge in [0.25, 0.3) is 0 Å². The Morgan fingerprint density at radius 3 is 2.75 bits per heavy atom. The van der Waals surface area contributed by atoms with Crippen LogP contribution in [0.4, 0.5) is 0 Å². The average Bonchev–Trinajstić information content (AvgIpc) is 3.00. The summed E-state index contributed by atoms with van der Waals surface area (Å²) < 4.78 is 0. The van der Waals surface area contributed by atoms with Crippen molar-refractivity contribution < 1.29 is 20.1 Å². The van der Waals surface area contributed by atoms with Gasteiger partial charge < -0.3 is 0 Å². The van der Waals surface area contributed by atoms with Crippen LogP contribution in [-0.4, -0.2) is 4.98 Å². The summed E-state index contributed by atoms with van der Waals surface area (Å²) in [5, 5.41) is 1.27. The number of aryl methyl sites for hydroxylation is 1. The standard InChI is InChI=1S/C22H20N.Ir/c1-2-3-4-7-16-8-5-10-18(14-16)21-15-19-13-12-17-9-6-11-20(23-21)22(17)19;/h5-6,8-9,11-15H,2-4,7H2,1H3;/q-1;. The second kappa shape index (κ2) is 7.42. The molecule has 0 atom stereocenters. The number of benzene rings is 2. The van der Waals surface area contributed by atoms with Crippen LogP contribution in [0.1, 0.15) is 42.9 Å². The fourth-order valence-corrected chi connectivity index (χ4v) is 3.33. The molecule has 1 aromatic heterocycles. The second-order valence-corrected chi connectivity index (χ2v) is 6.24. The van der Waals surface area contributed by atoms with Gasteiger partial charge in [0.15, 0.2) is 0 Å². The van der Waals surface area contributed by atoms with Crippen molar-refractivity contribution in [2.45, 2.75) is 32.6 Å². The van der Waals surface area contributed by atoms with Crippen molar-refractivity contribution >= 4 is 23.1 Å². The van der Waals surface area contributed by atoms with Crippen LogP contribution in [0.25, 0.3) is 34.3 Å². The van der Waals surface area contributed by atoms with E-state index in [1.54, 1.807) is 0 Å². The third-order valence-electron chi connectivity index (χ3n) is 4.55. The second-order valence-electron chi connectivity index (χ2n) is 6.24. The van der Waals surface area contributed by atoms with Crippen molar-refractivity contribution in [2.75, 3.05) is 0 Å². The molecule has 1 aliphatic carbocycles. The molecule has 0 aliphatic heterocycles. The largest absolute Gasteiger partial charge is 0.296 e. The Balaban J connectivity index is 0.00000169. The van der Waals surface area contributed by atoms with E-state index in [9.17, 15) is 0 Å². The molecule has 1 aliphatic rings. The molecule has 2 aromatic carbocycles. The summed E-state index contributed by atoms with van der Waals surface area (Å²) in [6.45, 7) is 2.24. The smallest absolute Gasteiger partial charge is 0.0607 e. The summed E-state index contributed by atoms with van der Waals surface area (Å²) in [7, 11) is 0. The van der Waals surface area contributed by atoms with Crippen LogP contribution in [0.3, 0.4) is 0 Å². The summed E-state index contributed by atoms with van der Waals surface area (Å²) >= 11 is 0. The first-order chi connectivity index (χ1) is 11.3. The molecule has 1 heterocycles. The van der Waals surface area contributed by atoms with Crippen molar-refractivity contribution in [3.05, 3.63) is 65.2 Å².